The molecule has 0 radical (unpaired) electrons. The van der Waals surface area contributed by atoms with Crippen LogP contribution in [0.2, 0.25) is 0 Å². The molecular weight excluding hydrogens is 309 g/mol. The van der Waals surface area contributed by atoms with Crippen LogP contribution in [0.4, 0.5) is 14.9 Å². The Bertz CT molecular complexity index is 633. The molecule has 0 saturated carbocycles. The fourth-order valence-corrected chi connectivity index (χ4v) is 2.15. The lowest BCUT2D eigenvalue weighted by atomic mass is 10.2. The van der Waals surface area contributed by atoms with Crippen LogP contribution in [0.3, 0.4) is 0 Å². The second-order valence-corrected chi connectivity index (χ2v) is 5.34. The number of nitrogens with two attached hydrogens (primary N) is 1. The molecule has 1 aromatic rings. The van der Waals surface area contributed by atoms with Crippen molar-refractivity contribution in [1.82, 2.24) is 4.72 Å². The highest BCUT2D eigenvalue weighted by molar-refractivity contribution is 7.91. The zero-order valence-corrected chi connectivity index (χ0v) is 12.0. The first-order valence-electron chi connectivity index (χ1n) is 5.32. The van der Waals surface area contributed by atoms with E-state index in [1.807, 2.05) is 4.72 Å². The van der Waals surface area contributed by atoms with Gasteiger partial charge in [0.2, 0.25) is 0 Å². The lowest BCUT2D eigenvalue weighted by Crippen LogP contribution is -2.35. The molecule has 0 aliphatic heterocycles. The summed E-state index contributed by atoms with van der Waals surface area (Å²) in [5.74, 6) is -0.682. The number of anilines is 1. The number of thiocarbonyl (C=S) groups is 1. The monoisotopic (exact) mass is 321 g/mol. The SMILES string of the molecule is CCOC(=O)NS(=O)(=O)Nc1ccc(F)c(C(N)=S)c1. The van der Waals surface area contributed by atoms with Crippen molar-refractivity contribution in [2.75, 3.05) is 11.3 Å². The van der Waals surface area contributed by atoms with Crippen molar-refractivity contribution in [3.8, 4) is 0 Å². The Labute approximate surface area is 120 Å². The van der Waals surface area contributed by atoms with Crippen molar-refractivity contribution in [3.05, 3.63) is 29.6 Å². The lowest BCUT2D eigenvalue weighted by Gasteiger charge is -2.10. The first-order chi connectivity index (χ1) is 9.25. The minimum Gasteiger partial charge on any atom is -0.449 e. The highest BCUT2D eigenvalue weighted by atomic mass is 32.2. The van der Waals surface area contributed by atoms with Gasteiger partial charge in [0.05, 0.1) is 12.3 Å². The Kier molecular flexibility index (Phi) is 5.22. The molecule has 7 nitrogen and oxygen atoms in total. The summed E-state index contributed by atoms with van der Waals surface area (Å²) in [5.41, 5.74) is 5.17. The maximum Gasteiger partial charge on any atom is 0.422 e. The molecule has 0 unspecified atom stereocenters. The number of benzene rings is 1. The van der Waals surface area contributed by atoms with E-state index in [1.165, 1.54) is 6.92 Å². The van der Waals surface area contributed by atoms with E-state index < -0.39 is 22.1 Å². The Hall–Kier alpha value is -1.94. The van der Waals surface area contributed by atoms with E-state index in [1.54, 1.807) is 4.72 Å². The molecule has 0 saturated heterocycles. The maximum atomic E-state index is 13.3. The normalized spacial score (nSPS) is 10.7. The van der Waals surface area contributed by atoms with Gasteiger partial charge in [-0.15, -0.1) is 0 Å². The predicted octanol–water partition coefficient (Wildman–Crippen LogP) is 0.863. The number of ether oxygens (including phenoxy) is 1. The van der Waals surface area contributed by atoms with E-state index in [-0.39, 0.29) is 22.8 Å². The number of carbonyl (C=O) groups is 1. The molecule has 0 heterocycles. The van der Waals surface area contributed by atoms with Gasteiger partial charge in [-0.25, -0.2) is 13.9 Å². The average Bonchev–Trinajstić information content (AvgIpc) is 2.30. The van der Waals surface area contributed by atoms with Gasteiger partial charge in [0.15, 0.2) is 0 Å². The Morgan fingerprint density at radius 1 is 1.50 bits per heavy atom. The smallest absolute Gasteiger partial charge is 0.422 e. The zero-order chi connectivity index (χ0) is 15.3. The van der Waals surface area contributed by atoms with Gasteiger partial charge in [-0.1, -0.05) is 12.2 Å². The molecule has 110 valence electrons. The second-order valence-electron chi connectivity index (χ2n) is 3.49. The number of hydrogen-bond acceptors (Lipinski definition) is 5. The van der Waals surface area contributed by atoms with Crippen LogP contribution in [0, 0.1) is 5.82 Å². The molecule has 0 fully saturated rings. The van der Waals surface area contributed by atoms with E-state index in [9.17, 15) is 17.6 Å². The molecule has 0 aliphatic rings. The fourth-order valence-electron chi connectivity index (χ4n) is 1.23. The van der Waals surface area contributed by atoms with Gasteiger partial charge >= 0.3 is 16.3 Å². The highest BCUT2D eigenvalue weighted by Crippen LogP contribution is 2.15. The first-order valence-corrected chi connectivity index (χ1v) is 7.21. The third kappa shape index (κ3) is 4.63. The Balaban J connectivity index is 2.90. The molecule has 0 spiro atoms. The Morgan fingerprint density at radius 3 is 2.70 bits per heavy atom. The number of rotatable bonds is 5. The standard InChI is InChI=1S/C10H12FN3O4S2/c1-2-18-10(15)14-20(16,17)13-6-3-4-8(11)7(5-6)9(12)19/h3-5,13H,2H2,1H3,(H2,12,19)(H,14,15). The van der Waals surface area contributed by atoms with E-state index >= 15 is 0 Å². The Morgan fingerprint density at radius 2 is 2.15 bits per heavy atom. The third-order valence-electron chi connectivity index (χ3n) is 1.98. The van der Waals surface area contributed by atoms with Gasteiger partial charge in [0.1, 0.15) is 10.8 Å². The minimum absolute atomic E-state index is 0.00833. The van der Waals surface area contributed by atoms with E-state index in [2.05, 4.69) is 17.0 Å². The van der Waals surface area contributed by atoms with Gasteiger partial charge in [0.25, 0.3) is 0 Å². The number of carbonyl (C=O) groups excluding carboxylic acids is 1. The largest absolute Gasteiger partial charge is 0.449 e. The topological polar surface area (TPSA) is 111 Å². The van der Waals surface area contributed by atoms with Gasteiger partial charge in [-0.05, 0) is 25.1 Å². The molecule has 20 heavy (non-hydrogen) atoms. The van der Waals surface area contributed by atoms with E-state index in [0.717, 1.165) is 18.2 Å². The van der Waals surface area contributed by atoms with Crippen molar-refractivity contribution < 1.29 is 22.3 Å². The molecule has 0 aromatic heterocycles. The molecule has 4 N–H and O–H groups in total. The van der Waals surface area contributed by atoms with E-state index in [0.29, 0.717) is 0 Å². The van der Waals surface area contributed by atoms with Gasteiger partial charge < -0.3 is 10.5 Å². The summed E-state index contributed by atoms with van der Waals surface area (Å²) in [6.07, 6.45) is -1.13. The van der Waals surface area contributed by atoms with Crippen molar-refractivity contribution in [1.29, 1.82) is 0 Å². The third-order valence-corrected chi connectivity index (χ3v) is 3.14. The van der Waals surface area contributed by atoms with Crippen LogP contribution in [0.1, 0.15) is 12.5 Å². The predicted molar refractivity (Wildman–Crippen MR) is 75.0 cm³/mol. The van der Waals surface area contributed by atoms with Crippen LogP contribution in [0.25, 0.3) is 0 Å². The van der Waals surface area contributed by atoms with Gasteiger partial charge in [0, 0.05) is 5.56 Å². The first kappa shape index (κ1) is 16.1. The molecular formula is C10H12FN3O4S2. The molecule has 1 aromatic carbocycles. The van der Waals surface area contributed by atoms with Gasteiger partial charge in [-0.2, -0.15) is 8.42 Å². The van der Waals surface area contributed by atoms with Crippen molar-refractivity contribution in [2.45, 2.75) is 6.92 Å². The van der Waals surface area contributed by atoms with Crippen LogP contribution in [-0.4, -0.2) is 26.1 Å². The number of hydrogen-bond donors (Lipinski definition) is 3. The summed E-state index contributed by atoms with van der Waals surface area (Å²) in [4.78, 5) is 10.8. The molecule has 0 bridgehead atoms. The van der Waals surface area contributed by atoms with Crippen LogP contribution in [0.5, 0.6) is 0 Å². The van der Waals surface area contributed by atoms with Crippen molar-refractivity contribution >= 4 is 39.2 Å². The summed E-state index contributed by atoms with van der Waals surface area (Å²) in [7, 11) is -4.19. The number of halogens is 1. The van der Waals surface area contributed by atoms with Crippen molar-refractivity contribution in [3.63, 3.8) is 0 Å². The summed E-state index contributed by atoms with van der Waals surface area (Å²) < 4.78 is 44.5. The van der Waals surface area contributed by atoms with E-state index in [4.69, 9.17) is 5.73 Å². The second kappa shape index (κ2) is 6.48. The average molecular weight is 321 g/mol. The van der Waals surface area contributed by atoms with Crippen LogP contribution in [-0.2, 0) is 14.9 Å². The minimum atomic E-state index is -4.19. The molecule has 1 amide bonds. The summed E-state index contributed by atoms with van der Waals surface area (Å²) in [6, 6.07) is 3.26. The quantitative estimate of drug-likeness (QED) is 0.694. The molecule has 1 rings (SSSR count). The zero-order valence-electron chi connectivity index (χ0n) is 10.3. The van der Waals surface area contributed by atoms with Gasteiger partial charge in [-0.3, -0.25) is 4.72 Å². The van der Waals surface area contributed by atoms with Crippen LogP contribution < -0.4 is 15.2 Å². The highest BCUT2D eigenvalue weighted by Gasteiger charge is 2.16. The summed E-state index contributed by atoms with van der Waals surface area (Å²) in [5, 5.41) is 0. The van der Waals surface area contributed by atoms with Crippen LogP contribution in [0.15, 0.2) is 18.2 Å². The lowest BCUT2D eigenvalue weighted by molar-refractivity contribution is 0.159. The number of nitrogens with one attached hydrogen (secondary N) is 2. The molecule has 10 heteroatoms. The summed E-state index contributed by atoms with van der Waals surface area (Å²) >= 11 is 4.63. The van der Waals surface area contributed by atoms with Crippen molar-refractivity contribution in [2.24, 2.45) is 5.73 Å². The molecule has 0 atom stereocenters. The maximum absolute atomic E-state index is 13.3. The summed E-state index contributed by atoms with van der Waals surface area (Å²) in [6.45, 7) is 1.54. The fraction of sp³-hybridized carbons (Fsp3) is 0.200. The number of amides is 1. The molecule has 0 aliphatic carbocycles. The van der Waals surface area contributed by atoms with Crippen LogP contribution >= 0.6 is 12.2 Å².